The highest BCUT2D eigenvalue weighted by Gasteiger charge is 2.20. The van der Waals surface area contributed by atoms with Gasteiger partial charge in [0.25, 0.3) is 0 Å². The third-order valence-electron chi connectivity index (χ3n) is 15.3. The van der Waals surface area contributed by atoms with Gasteiger partial charge in [-0.25, -0.2) is 0 Å². The van der Waals surface area contributed by atoms with Crippen LogP contribution >= 0.6 is 0 Å². The van der Waals surface area contributed by atoms with Gasteiger partial charge in [-0.3, -0.25) is 9.59 Å². The van der Waals surface area contributed by atoms with E-state index in [0.29, 0.717) is 25.9 Å². The molecule has 0 saturated carbocycles. The second-order valence-electron chi connectivity index (χ2n) is 22.5. The lowest BCUT2D eigenvalue weighted by atomic mass is 10.0. The number of carbonyl (C=O) groups is 2. The van der Waals surface area contributed by atoms with E-state index in [-0.39, 0.29) is 18.5 Å². The van der Waals surface area contributed by atoms with E-state index in [0.717, 1.165) is 38.5 Å². The van der Waals surface area contributed by atoms with E-state index in [1.54, 1.807) is 0 Å². The summed E-state index contributed by atoms with van der Waals surface area (Å²) in [6.45, 7) is 4.96. The molecule has 0 aliphatic heterocycles. The Balaban J connectivity index is 3.32. The van der Waals surface area contributed by atoms with Gasteiger partial charge in [0.15, 0.2) is 0 Å². The van der Waals surface area contributed by atoms with Crippen LogP contribution in [0.4, 0.5) is 0 Å². The number of rotatable bonds is 61. The molecule has 0 fully saturated rings. The zero-order chi connectivity index (χ0) is 51.4. The van der Waals surface area contributed by atoms with Gasteiger partial charge in [0.2, 0.25) is 5.91 Å². The lowest BCUT2D eigenvalue weighted by molar-refractivity contribution is -0.143. The Hall–Kier alpha value is -1.40. The summed E-state index contributed by atoms with van der Waals surface area (Å²) in [7, 11) is 0. The Morgan fingerprint density at radius 1 is 0.380 bits per heavy atom. The molecule has 2 atom stereocenters. The van der Waals surface area contributed by atoms with Crippen molar-refractivity contribution >= 4 is 11.9 Å². The first-order valence-corrected chi connectivity index (χ1v) is 32.4. The quantitative estimate of drug-likeness (QED) is 0.0320. The van der Waals surface area contributed by atoms with Crippen LogP contribution in [0.1, 0.15) is 367 Å². The van der Waals surface area contributed by atoms with Crippen LogP contribution in [0.15, 0.2) is 12.2 Å². The summed E-state index contributed by atoms with van der Waals surface area (Å²) >= 11 is 0. The number of ether oxygens (including phenoxy) is 1. The molecule has 0 aromatic carbocycles. The number of hydrogen-bond donors (Lipinski definition) is 3. The van der Waals surface area contributed by atoms with Crippen molar-refractivity contribution in [3.05, 3.63) is 12.2 Å². The van der Waals surface area contributed by atoms with Crippen LogP contribution in [-0.2, 0) is 14.3 Å². The molecule has 3 N–H and O–H groups in total. The van der Waals surface area contributed by atoms with Crippen molar-refractivity contribution in [2.24, 2.45) is 0 Å². The summed E-state index contributed by atoms with van der Waals surface area (Å²) in [5, 5.41) is 23.1. The number of aliphatic hydroxyl groups excluding tert-OH is 2. The zero-order valence-electron chi connectivity index (χ0n) is 48.2. The molecule has 2 unspecified atom stereocenters. The standard InChI is InChI=1S/C65H127NO5/c1-3-5-7-9-11-13-14-15-32-36-39-43-47-51-55-59-65(70)71-60-56-52-48-44-40-37-34-31-29-27-25-23-21-19-17-16-18-20-22-24-26-28-30-33-35-38-42-46-50-54-58-64(69)66-62(61-67)63(68)57-53-49-45-41-12-10-8-6-4-2/h17,19,62-63,67-68H,3-16,18,20-61H2,1-2H3,(H,66,69)/b19-17-. The number of unbranched alkanes of at least 4 members (excludes halogenated alkanes) is 48. The minimum Gasteiger partial charge on any atom is -0.466 e. The number of allylic oxidation sites excluding steroid dienone is 2. The van der Waals surface area contributed by atoms with Crippen LogP contribution in [0.3, 0.4) is 0 Å². The number of esters is 1. The zero-order valence-corrected chi connectivity index (χ0v) is 48.2. The third kappa shape index (κ3) is 57.7. The van der Waals surface area contributed by atoms with Gasteiger partial charge in [0.05, 0.1) is 25.4 Å². The third-order valence-corrected chi connectivity index (χ3v) is 15.3. The number of amides is 1. The highest BCUT2D eigenvalue weighted by atomic mass is 16.5. The number of nitrogens with one attached hydrogen (secondary N) is 1. The Labute approximate surface area is 444 Å². The first-order valence-electron chi connectivity index (χ1n) is 32.4. The van der Waals surface area contributed by atoms with Crippen molar-refractivity contribution in [2.75, 3.05) is 13.2 Å². The highest BCUT2D eigenvalue weighted by Crippen LogP contribution is 2.18. The fraction of sp³-hybridized carbons (Fsp3) is 0.938. The second-order valence-corrected chi connectivity index (χ2v) is 22.5. The maximum atomic E-state index is 12.4. The molecule has 422 valence electrons. The Bertz CT molecular complexity index is 1060. The molecule has 1 amide bonds. The summed E-state index contributed by atoms with van der Waals surface area (Å²) in [6.07, 6.45) is 74.0. The number of hydrogen-bond acceptors (Lipinski definition) is 5. The Kier molecular flexibility index (Phi) is 59.9. The molecule has 0 aliphatic rings. The number of aliphatic hydroxyl groups is 2. The van der Waals surface area contributed by atoms with Crippen molar-refractivity contribution in [1.82, 2.24) is 5.32 Å². The fourth-order valence-electron chi connectivity index (χ4n) is 10.3. The van der Waals surface area contributed by atoms with E-state index < -0.39 is 12.1 Å². The van der Waals surface area contributed by atoms with E-state index in [4.69, 9.17) is 4.74 Å². The predicted molar refractivity (Wildman–Crippen MR) is 310 cm³/mol. The van der Waals surface area contributed by atoms with Crippen molar-refractivity contribution < 1.29 is 24.5 Å². The first kappa shape index (κ1) is 69.6. The van der Waals surface area contributed by atoms with Crippen LogP contribution in [-0.4, -0.2) is 47.4 Å². The lowest BCUT2D eigenvalue weighted by Crippen LogP contribution is -2.45. The van der Waals surface area contributed by atoms with Gasteiger partial charge >= 0.3 is 5.97 Å². The predicted octanol–water partition coefficient (Wildman–Crippen LogP) is 20.4. The molecular formula is C65H127NO5. The molecule has 0 saturated heterocycles. The monoisotopic (exact) mass is 1000 g/mol. The van der Waals surface area contributed by atoms with E-state index in [1.807, 2.05) is 0 Å². The van der Waals surface area contributed by atoms with E-state index >= 15 is 0 Å². The van der Waals surface area contributed by atoms with Crippen LogP contribution in [0.2, 0.25) is 0 Å². The highest BCUT2D eigenvalue weighted by molar-refractivity contribution is 5.76. The topological polar surface area (TPSA) is 95.9 Å². The van der Waals surface area contributed by atoms with Crippen LogP contribution in [0.5, 0.6) is 0 Å². The summed E-state index contributed by atoms with van der Waals surface area (Å²) in [5.74, 6) is -0.0137. The molecular weight excluding hydrogens is 875 g/mol. The molecule has 0 aliphatic carbocycles. The molecule has 6 heteroatoms. The van der Waals surface area contributed by atoms with Gasteiger partial charge < -0.3 is 20.3 Å². The molecule has 0 heterocycles. The van der Waals surface area contributed by atoms with Gasteiger partial charge in [0, 0.05) is 12.8 Å². The molecule has 0 rings (SSSR count). The maximum absolute atomic E-state index is 12.4. The van der Waals surface area contributed by atoms with Crippen molar-refractivity contribution in [1.29, 1.82) is 0 Å². The molecule has 0 spiro atoms. The van der Waals surface area contributed by atoms with Crippen molar-refractivity contribution in [3.8, 4) is 0 Å². The van der Waals surface area contributed by atoms with Crippen LogP contribution in [0, 0.1) is 0 Å². The molecule has 6 nitrogen and oxygen atoms in total. The van der Waals surface area contributed by atoms with E-state index in [1.165, 1.54) is 295 Å². The van der Waals surface area contributed by atoms with Crippen molar-refractivity contribution in [3.63, 3.8) is 0 Å². The van der Waals surface area contributed by atoms with Crippen LogP contribution < -0.4 is 5.32 Å². The largest absolute Gasteiger partial charge is 0.466 e. The molecule has 0 aromatic heterocycles. The molecule has 0 bridgehead atoms. The fourth-order valence-corrected chi connectivity index (χ4v) is 10.3. The second kappa shape index (κ2) is 61.1. The minimum absolute atomic E-state index is 0.0205. The average molecular weight is 1000 g/mol. The van der Waals surface area contributed by atoms with Gasteiger partial charge in [0.1, 0.15) is 0 Å². The normalized spacial score (nSPS) is 12.6. The number of carbonyl (C=O) groups excluding carboxylic acids is 2. The summed E-state index contributed by atoms with van der Waals surface area (Å²) < 4.78 is 5.49. The average Bonchev–Trinajstić information content (AvgIpc) is 3.37. The van der Waals surface area contributed by atoms with Crippen LogP contribution in [0.25, 0.3) is 0 Å². The smallest absolute Gasteiger partial charge is 0.305 e. The lowest BCUT2D eigenvalue weighted by Gasteiger charge is -2.22. The Morgan fingerprint density at radius 3 is 1.00 bits per heavy atom. The Morgan fingerprint density at radius 2 is 0.662 bits per heavy atom. The van der Waals surface area contributed by atoms with Gasteiger partial charge in [-0.15, -0.1) is 0 Å². The molecule has 0 radical (unpaired) electrons. The van der Waals surface area contributed by atoms with Gasteiger partial charge in [-0.1, -0.05) is 315 Å². The van der Waals surface area contributed by atoms with Gasteiger partial charge in [-0.2, -0.15) is 0 Å². The molecule has 0 aromatic rings. The van der Waals surface area contributed by atoms with Gasteiger partial charge in [-0.05, 0) is 51.4 Å². The minimum atomic E-state index is -0.660. The van der Waals surface area contributed by atoms with Crippen molar-refractivity contribution in [2.45, 2.75) is 379 Å². The molecule has 71 heavy (non-hydrogen) atoms. The van der Waals surface area contributed by atoms with E-state index in [2.05, 4.69) is 31.3 Å². The maximum Gasteiger partial charge on any atom is 0.305 e. The summed E-state index contributed by atoms with van der Waals surface area (Å²) in [5.41, 5.74) is 0. The summed E-state index contributed by atoms with van der Waals surface area (Å²) in [4.78, 5) is 24.5. The van der Waals surface area contributed by atoms with E-state index in [9.17, 15) is 19.8 Å². The summed E-state index contributed by atoms with van der Waals surface area (Å²) in [6, 6.07) is -0.537. The first-order chi connectivity index (χ1) is 35.0. The SMILES string of the molecule is CCCCCCCCCCCCCCCCCC(=O)OCCCCCCCCCCCCCC/C=C\CCCCCCCCCCCCCCCCC(=O)NC(CO)C(O)CCCCCCCCCCC.